The fraction of sp³-hybridized carbons (Fsp3) is 0.455. The lowest BCUT2D eigenvalue weighted by atomic mass is 9.91. The molecule has 0 aliphatic heterocycles. The van der Waals surface area contributed by atoms with Gasteiger partial charge in [-0.3, -0.25) is 0 Å². The molecule has 1 rings (SSSR count). The van der Waals surface area contributed by atoms with Gasteiger partial charge in [0.15, 0.2) is 0 Å². The molecule has 1 aromatic rings. The highest BCUT2D eigenvalue weighted by atomic mass is 79.9. The average molecular weight is 272 g/mol. The molecule has 0 radical (unpaired) electrons. The second kappa shape index (κ2) is 4.31. The molecule has 82 valence electrons. The minimum atomic E-state index is -0.415. The van der Waals surface area contributed by atoms with E-state index in [-0.39, 0.29) is 5.41 Å². The summed E-state index contributed by atoms with van der Waals surface area (Å²) in [5.41, 5.74) is 1.10. The van der Waals surface area contributed by atoms with E-state index in [1.54, 1.807) is 6.07 Å². The van der Waals surface area contributed by atoms with E-state index in [1.807, 2.05) is 26.8 Å². The van der Waals surface area contributed by atoms with Crippen LogP contribution in [0.2, 0.25) is 0 Å². The summed E-state index contributed by atoms with van der Waals surface area (Å²) in [5, 5.41) is 0. The molecular formula is C11H14BrNO2. The lowest BCUT2D eigenvalue weighted by Crippen LogP contribution is -2.16. The molecule has 0 unspecified atom stereocenters. The topological polar surface area (TPSA) is 39.2 Å². The van der Waals surface area contributed by atoms with Gasteiger partial charge in [-0.05, 0) is 12.1 Å². The number of esters is 1. The molecule has 0 atom stereocenters. The Labute approximate surface area is 98.0 Å². The first-order valence-electron chi connectivity index (χ1n) is 4.61. The number of pyridine rings is 1. The fourth-order valence-corrected chi connectivity index (χ4v) is 1.52. The molecule has 0 bridgehead atoms. The minimum absolute atomic E-state index is 0.0907. The summed E-state index contributed by atoms with van der Waals surface area (Å²) >= 11 is 3.36. The lowest BCUT2D eigenvalue weighted by molar-refractivity contribution is 0.0593. The summed E-state index contributed by atoms with van der Waals surface area (Å²) < 4.78 is 5.47. The highest BCUT2D eigenvalue weighted by Gasteiger charge is 2.19. The maximum absolute atomic E-state index is 11.3. The second-order valence-electron chi connectivity index (χ2n) is 4.30. The molecule has 1 aromatic heterocycles. The van der Waals surface area contributed by atoms with Crippen LogP contribution in [0.25, 0.3) is 0 Å². The third kappa shape index (κ3) is 3.02. The number of hydrogen-bond acceptors (Lipinski definition) is 3. The number of ether oxygens (including phenoxy) is 1. The highest BCUT2D eigenvalue weighted by Crippen LogP contribution is 2.24. The number of nitrogens with zero attached hydrogens (tertiary/aromatic N) is 1. The van der Waals surface area contributed by atoms with Crippen LogP contribution in [-0.2, 0) is 10.2 Å². The van der Waals surface area contributed by atoms with Gasteiger partial charge in [-0.2, -0.15) is 0 Å². The van der Waals surface area contributed by atoms with E-state index >= 15 is 0 Å². The fourth-order valence-electron chi connectivity index (χ4n) is 1.09. The van der Waals surface area contributed by atoms with E-state index in [0.29, 0.717) is 5.69 Å². The molecule has 0 aliphatic rings. The van der Waals surface area contributed by atoms with Crippen LogP contribution < -0.4 is 0 Å². The molecule has 0 aromatic carbocycles. The van der Waals surface area contributed by atoms with E-state index < -0.39 is 5.97 Å². The monoisotopic (exact) mass is 271 g/mol. The van der Waals surface area contributed by atoms with Crippen LogP contribution in [-0.4, -0.2) is 18.1 Å². The molecule has 0 N–H and O–H groups in total. The number of hydrogen-bond donors (Lipinski definition) is 0. The van der Waals surface area contributed by atoms with E-state index in [0.717, 1.165) is 10.2 Å². The average Bonchev–Trinajstić information content (AvgIpc) is 2.14. The summed E-state index contributed by atoms with van der Waals surface area (Å²) in [6.07, 6.45) is 0. The zero-order valence-electron chi connectivity index (χ0n) is 9.30. The summed E-state index contributed by atoms with van der Waals surface area (Å²) in [4.78, 5) is 15.6. The maximum atomic E-state index is 11.3. The zero-order valence-corrected chi connectivity index (χ0v) is 10.9. The predicted molar refractivity (Wildman–Crippen MR) is 62.0 cm³/mol. The molecule has 0 saturated carbocycles. The Hall–Kier alpha value is -0.900. The predicted octanol–water partition coefficient (Wildman–Crippen LogP) is 2.93. The van der Waals surface area contributed by atoms with Crippen LogP contribution in [0, 0.1) is 0 Å². The normalized spacial score (nSPS) is 11.3. The molecule has 0 spiro atoms. The van der Waals surface area contributed by atoms with Gasteiger partial charge in [-0.15, -0.1) is 0 Å². The summed E-state index contributed by atoms with van der Waals surface area (Å²) in [6, 6.07) is 3.56. The molecular weight excluding hydrogens is 258 g/mol. The van der Waals surface area contributed by atoms with Gasteiger partial charge in [0.05, 0.1) is 7.11 Å². The van der Waals surface area contributed by atoms with Gasteiger partial charge in [-0.1, -0.05) is 36.7 Å². The zero-order chi connectivity index (χ0) is 11.6. The number of carbonyl (C=O) groups excluding carboxylic acids is 1. The SMILES string of the molecule is COC(=O)c1cc(Br)cc(C(C)(C)C)n1. The van der Waals surface area contributed by atoms with Gasteiger partial charge in [0.1, 0.15) is 5.69 Å². The number of rotatable bonds is 1. The Morgan fingerprint density at radius 3 is 2.47 bits per heavy atom. The minimum Gasteiger partial charge on any atom is -0.464 e. The lowest BCUT2D eigenvalue weighted by Gasteiger charge is -2.18. The van der Waals surface area contributed by atoms with Crippen molar-refractivity contribution >= 4 is 21.9 Å². The van der Waals surface area contributed by atoms with E-state index in [2.05, 4.69) is 25.7 Å². The van der Waals surface area contributed by atoms with Crippen molar-refractivity contribution in [1.29, 1.82) is 0 Å². The van der Waals surface area contributed by atoms with Gasteiger partial charge in [0.25, 0.3) is 0 Å². The van der Waals surface area contributed by atoms with Gasteiger partial charge in [0, 0.05) is 15.6 Å². The molecule has 1 heterocycles. The number of halogens is 1. The van der Waals surface area contributed by atoms with Crippen molar-refractivity contribution in [1.82, 2.24) is 4.98 Å². The van der Waals surface area contributed by atoms with Crippen molar-refractivity contribution in [3.8, 4) is 0 Å². The third-order valence-electron chi connectivity index (χ3n) is 1.95. The summed E-state index contributed by atoms with van der Waals surface area (Å²) in [7, 11) is 1.35. The van der Waals surface area contributed by atoms with Crippen LogP contribution in [0.4, 0.5) is 0 Å². The van der Waals surface area contributed by atoms with Crippen molar-refractivity contribution in [2.45, 2.75) is 26.2 Å². The van der Waals surface area contributed by atoms with Crippen molar-refractivity contribution in [3.05, 3.63) is 28.0 Å². The Morgan fingerprint density at radius 1 is 1.40 bits per heavy atom. The molecule has 15 heavy (non-hydrogen) atoms. The van der Waals surface area contributed by atoms with Crippen molar-refractivity contribution in [2.24, 2.45) is 0 Å². The largest absolute Gasteiger partial charge is 0.464 e. The number of methoxy groups -OCH3 is 1. The van der Waals surface area contributed by atoms with Crippen molar-refractivity contribution in [3.63, 3.8) is 0 Å². The first kappa shape index (κ1) is 12.2. The number of carbonyl (C=O) groups is 1. The molecule has 0 saturated heterocycles. The third-order valence-corrected chi connectivity index (χ3v) is 2.41. The molecule has 3 nitrogen and oxygen atoms in total. The van der Waals surface area contributed by atoms with Gasteiger partial charge in [0.2, 0.25) is 0 Å². The van der Waals surface area contributed by atoms with E-state index in [1.165, 1.54) is 7.11 Å². The Morgan fingerprint density at radius 2 is 2.00 bits per heavy atom. The van der Waals surface area contributed by atoms with Crippen molar-refractivity contribution in [2.75, 3.05) is 7.11 Å². The van der Waals surface area contributed by atoms with E-state index in [9.17, 15) is 4.79 Å². The van der Waals surface area contributed by atoms with Crippen LogP contribution in [0.15, 0.2) is 16.6 Å². The smallest absolute Gasteiger partial charge is 0.356 e. The van der Waals surface area contributed by atoms with E-state index in [4.69, 9.17) is 0 Å². The molecule has 0 aliphatic carbocycles. The Bertz CT molecular complexity index is 383. The first-order chi connectivity index (χ1) is 6.84. The van der Waals surface area contributed by atoms with Gasteiger partial charge < -0.3 is 4.74 Å². The van der Waals surface area contributed by atoms with Crippen LogP contribution in [0.1, 0.15) is 37.0 Å². The van der Waals surface area contributed by atoms with Gasteiger partial charge >= 0.3 is 5.97 Å². The summed E-state index contributed by atoms with van der Waals surface area (Å²) in [6.45, 7) is 6.13. The Balaban J connectivity index is 3.23. The standard InChI is InChI=1S/C11H14BrNO2/c1-11(2,3)9-6-7(12)5-8(13-9)10(14)15-4/h5-6H,1-4H3. The molecule has 0 fully saturated rings. The van der Waals surface area contributed by atoms with Gasteiger partial charge in [-0.25, -0.2) is 9.78 Å². The molecule has 0 amide bonds. The molecule has 4 heteroatoms. The number of aromatic nitrogens is 1. The second-order valence-corrected chi connectivity index (χ2v) is 5.21. The quantitative estimate of drug-likeness (QED) is 0.738. The Kier molecular flexibility index (Phi) is 3.50. The van der Waals surface area contributed by atoms with Crippen LogP contribution in [0.3, 0.4) is 0 Å². The maximum Gasteiger partial charge on any atom is 0.356 e. The highest BCUT2D eigenvalue weighted by molar-refractivity contribution is 9.10. The summed E-state index contributed by atoms with van der Waals surface area (Å²) in [5.74, 6) is -0.415. The van der Waals surface area contributed by atoms with Crippen LogP contribution in [0.5, 0.6) is 0 Å². The van der Waals surface area contributed by atoms with Crippen molar-refractivity contribution < 1.29 is 9.53 Å². The first-order valence-corrected chi connectivity index (χ1v) is 5.40. The van der Waals surface area contributed by atoms with Crippen LogP contribution >= 0.6 is 15.9 Å².